The number of aromatic nitrogens is 1. The Labute approximate surface area is 264 Å². The summed E-state index contributed by atoms with van der Waals surface area (Å²) in [5.74, 6) is 0.687. The summed E-state index contributed by atoms with van der Waals surface area (Å²) < 4.78 is 33.4. The number of ether oxygens (including phenoxy) is 1. The van der Waals surface area contributed by atoms with Crippen LogP contribution in [-0.2, 0) is 21.5 Å². The fourth-order valence-corrected chi connectivity index (χ4v) is 9.69. The summed E-state index contributed by atoms with van der Waals surface area (Å²) in [4.78, 5) is 32.5. The van der Waals surface area contributed by atoms with Crippen molar-refractivity contribution >= 4 is 32.9 Å². The van der Waals surface area contributed by atoms with Crippen molar-refractivity contribution < 1.29 is 22.7 Å². The fourth-order valence-electron chi connectivity index (χ4n) is 9.31. The second-order valence-corrected chi connectivity index (χ2v) is 15.4. The van der Waals surface area contributed by atoms with Crippen LogP contribution in [0.25, 0.3) is 22.2 Å². The molecule has 4 atom stereocenters. The van der Waals surface area contributed by atoms with E-state index in [1.54, 1.807) is 19.2 Å². The third kappa shape index (κ3) is 4.60. The van der Waals surface area contributed by atoms with Crippen LogP contribution in [0, 0.1) is 5.41 Å². The van der Waals surface area contributed by atoms with Gasteiger partial charge in [0, 0.05) is 59.7 Å². The molecule has 238 valence electrons. The lowest BCUT2D eigenvalue weighted by Gasteiger charge is -2.41. The SMILES string of the molecule is COc1ccc2c(c1)C1CC1(C(=O)N1C3CCC1CN(C)C3)Cn1c-2c(C2CCCCC2)c2ccc(C(=O)NS(N)(=O)=O)cc21. The van der Waals surface area contributed by atoms with Crippen molar-refractivity contribution in [3.63, 3.8) is 0 Å². The molecular weight excluding hydrogens is 590 g/mol. The molecular formula is C34H41N5O5S. The third-order valence-corrected chi connectivity index (χ3v) is 11.8. The fraction of sp³-hybridized carbons (Fsp3) is 0.529. The molecule has 0 spiro atoms. The molecule has 2 aromatic carbocycles. The Morgan fingerprint density at radius 2 is 1.73 bits per heavy atom. The number of nitrogens with zero attached hydrogens (tertiary/aromatic N) is 3. The molecule has 11 heteroatoms. The molecule has 1 aromatic heterocycles. The molecule has 2 aliphatic carbocycles. The van der Waals surface area contributed by atoms with E-state index >= 15 is 0 Å². The van der Waals surface area contributed by atoms with Gasteiger partial charge in [-0.25, -0.2) is 9.86 Å². The van der Waals surface area contributed by atoms with E-state index in [2.05, 4.69) is 33.5 Å². The molecule has 5 aliphatic rings. The Morgan fingerprint density at radius 1 is 1.00 bits per heavy atom. The lowest BCUT2D eigenvalue weighted by atomic mass is 9.81. The first-order valence-electron chi connectivity index (χ1n) is 16.3. The number of likely N-dealkylation sites (tertiary alicyclic amines) is 1. The Hall–Kier alpha value is -3.41. The van der Waals surface area contributed by atoms with Crippen LogP contribution in [0.2, 0.25) is 0 Å². The molecule has 4 fully saturated rings. The highest BCUT2D eigenvalue weighted by Crippen LogP contribution is 2.66. The molecule has 3 aromatic rings. The van der Waals surface area contributed by atoms with E-state index in [1.165, 1.54) is 24.8 Å². The zero-order chi connectivity index (χ0) is 31.2. The second-order valence-electron chi connectivity index (χ2n) is 14.1. The third-order valence-electron chi connectivity index (χ3n) is 11.3. The summed E-state index contributed by atoms with van der Waals surface area (Å²) in [6, 6.07) is 12.2. The minimum Gasteiger partial charge on any atom is -0.497 e. The number of fused-ring (bicyclic) bond motifs is 9. The zero-order valence-corrected chi connectivity index (χ0v) is 26.7. The van der Waals surface area contributed by atoms with E-state index in [0.29, 0.717) is 12.5 Å². The number of hydrogen-bond donors (Lipinski definition) is 2. The molecule has 3 N–H and O–H groups in total. The van der Waals surface area contributed by atoms with Crippen molar-refractivity contribution in [2.75, 3.05) is 27.2 Å². The highest BCUT2D eigenvalue weighted by atomic mass is 32.2. The normalized spacial score (nSPS) is 27.8. The standard InChI is InChI=1S/C34H41N5O5S/c1-37-17-22-9-10-23(18-37)39(22)33(41)34-16-28(34)27-15-24(44-2)11-13-25(27)31-30(20-6-4-3-5-7-20)26-12-8-21(14-29(26)38(31)19-34)32(40)36-45(35,42)43/h8,11-15,20,22-23,28H,3-7,9-10,16-19H2,1-2H3,(H,36,40)(H2,35,42,43). The topological polar surface area (TPSA) is 127 Å². The number of nitrogens with one attached hydrogen (secondary N) is 1. The smallest absolute Gasteiger partial charge is 0.298 e. The summed E-state index contributed by atoms with van der Waals surface area (Å²) >= 11 is 0. The van der Waals surface area contributed by atoms with Gasteiger partial charge in [-0.3, -0.25) is 9.59 Å². The molecule has 4 heterocycles. The first kappa shape index (κ1) is 29.0. The average molecular weight is 632 g/mol. The van der Waals surface area contributed by atoms with Crippen LogP contribution in [0.1, 0.15) is 84.7 Å². The molecule has 10 nitrogen and oxygen atoms in total. The predicted octanol–water partition coefficient (Wildman–Crippen LogP) is 4.09. The predicted molar refractivity (Wildman–Crippen MR) is 171 cm³/mol. The van der Waals surface area contributed by atoms with Gasteiger partial charge in [-0.2, -0.15) is 8.42 Å². The number of amides is 2. The van der Waals surface area contributed by atoms with Crippen molar-refractivity contribution in [2.24, 2.45) is 10.6 Å². The number of hydrogen-bond acceptors (Lipinski definition) is 6. The minimum atomic E-state index is -4.22. The summed E-state index contributed by atoms with van der Waals surface area (Å²) in [5.41, 5.74) is 5.16. The molecule has 45 heavy (non-hydrogen) atoms. The molecule has 0 radical (unpaired) electrons. The van der Waals surface area contributed by atoms with Crippen molar-refractivity contribution in [2.45, 2.75) is 81.8 Å². The van der Waals surface area contributed by atoms with E-state index < -0.39 is 21.5 Å². The second kappa shape index (κ2) is 10.3. The van der Waals surface area contributed by atoms with Gasteiger partial charge < -0.3 is 19.1 Å². The Kier molecular flexibility index (Phi) is 6.64. The van der Waals surface area contributed by atoms with Crippen molar-refractivity contribution in [1.82, 2.24) is 19.1 Å². The van der Waals surface area contributed by atoms with Gasteiger partial charge in [0.25, 0.3) is 16.1 Å². The lowest BCUT2D eigenvalue weighted by molar-refractivity contribution is -0.143. The van der Waals surface area contributed by atoms with E-state index in [9.17, 15) is 18.0 Å². The molecule has 8 rings (SSSR count). The zero-order valence-electron chi connectivity index (χ0n) is 25.9. The quantitative estimate of drug-likeness (QED) is 0.437. The maximum Gasteiger partial charge on any atom is 0.298 e. The van der Waals surface area contributed by atoms with Gasteiger partial charge in [0.15, 0.2) is 0 Å². The van der Waals surface area contributed by atoms with Gasteiger partial charge in [0.2, 0.25) is 5.91 Å². The lowest BCUT2D eigenvalue weighted by Crippen LogP contribution is -2.57. The number of rotatable bonds is 5. The Bertz CT molecular complexity index is 1830. The highest BCUT2D eigenvalue weighted by Gasteiger charge is 2.65. The van der Waals surface area contributed by atoms with E-state index in [-0.39, 0.29) is 29.5 Å². The summed E-state index contributed by atoms with van der Waals surface area (Å²) in [6.45, 7) is 2.32. The van der Waals surface area contributed by atoms with Gasteiger partial charge >= 0.3 is 0 Å². The number of methoxy groups -OCH3 is 1. The maximum atomic E-state index is 14.9. The van der Waals surface area contributed by atoms with Gasteiger partial charge in [-0.05, 0) is 86.5 Å². The Balaban J connectivity index is 1.34. The number of carbonyl (C=O) groups is 2. The highest BCUT2D eigenvalue weighted by molar-refractivity contribution is 7.87. The van der Waals surface area contributed by atoms with Crippen LogP contribution in [0.4, 0.5) is 0 Å². The number of carbonyl (C=O) groups excluding carboxylic acids is 2. The molecule has 4 unspecified atom stereocenters. The Morgan fingerprint density at radius 3 is 2.42 bits per heavy atom. The van der Waals surface area contributed by atoms with Crippen LogP contribution < -0.4 is 14.6 Å². The molecule has 2 amide bonds. The van der Waals surface area contributed by atoms with Gasteiger partial charge in [0.1, 0.15) is 5.75 Å². The molecule has 3 aliphatic heterocycles. The van der Waals surface area contributed by atoms with Crippen LogP contribution in [0.3, 0.4) is 0 Å². The number of likely N-dealkylation sites (N-methyl/N-ethyl adjacent to an activating group) is 1. The van der Waals surface area contributed by atoms with Gasteiger partial charge in [0.05, 0.1) is 18.2 Å². The van der Waals surface area contributed by atoms with Crippen molar-refractivity contribution in [1.29, 1.82) is 0 Å². The number of piperazine rings is 1. The summed E-state index contributed by atoms with van der Waals surface area (Å²) in [6.07, 6.45) is 8.57. The van der Waals surface area contributed by atoms with Gasteiger partial charge in [-0.15, -0.1) is 0 Å². The van der Waals surface area contributed by atoms with E-state index in [4.69, 9.17) is 9.88 Å². The summed E-state index contributed by atoms with van der Waals surface area (Å²) in [5, 5.41) is 6.22. The number of nitrogens with two attached hydrogens (primary N) is 1. The maximum absolute atomic E-state index is 14.9. The first-order valence-corrected chi connectivity index (χ1v) is 17.8. The average Bonchev–Trinajstić information content (AvgIpc) is 3.60. The van der Waals surface area contributed by atoms with Crippen molar-refractivity contribution in [3.8, 4) is 17.0 Å². The molecule has 2 saturated carbocycles. The largest absolute Gasteiger partial charge is 0.497 e. The van der Waals surface area contributed by atoms with Gasteiger partial charge in [-0.1, -0.05) is 25.3 Å². The van der Waals surface area contributed by atoms with Crippen LogP contribution in [-0.4, -0.2) is 73.9 Å². The number of benzene rings is 2. The van der Waals surface area contributed by atoms with E-state index in [0.717, 1.165) is 78.7 Å². The van der Waals surface area contributed by atoms with Crippen LogP contribution in [0.15, 0.2) is 36.4 Å². The van der Waals surface area contributed by atoms with Crippen molar-refractivity contribution in [3.05, 3.63) is 53.1 Å². The molecule has 2 bridgehead atoms. The summed E-state index contributed by atoms with van der Waals surface area (Å²) in [7, 11) is -0.391. The van der Waals surface area contributed by atoms with Crippen LogP contribution in [0.5, 0.6) is 5.75 Å². The van der Waals surface area contributed by atoms with E-state index in [1.807, 2.05) is 16.9 Å². The first-order chi connectivity index (χ1) is 21.6. The molecule has 2 saturated heterocycles. The minimum absolute atomic E-state index is 0.0668. The van der Waals surface area contributed by atoms with Crippen LogP contribution >= 0.6 is 0 Å². The monoisotopic (exact) mass is 631 g/mol.